The Morgan fingerprint density at radius 3 is 2.23 bits per heavy atom. The van der Waals surface area contributed by atoms with E-state index >= 15 is 0 Å². The van der Waals surface area contributed by atoms with E-state index in [0.717, 1.165) is 0 Å². The van der Waals surface area contributed by atoms with Crippen molar-refractivity contribution in [2.75, 3.05) is 4.72 Å². The lowest BCUT2D eigenvalue weighted by Gasteiger charge is -2.45. The molecule has 0 radical (unpaired) electrons. The molecule has 1 saturated heterocycles. The summed E-state index contributed by atoms with van der Waals surface area (Å²) in [6.45, 7) is 14.1. The molecule has 2 atom stereocenters. The van der Waals surface area contributed by atoms with E-state index in [4.69, 9.17) is 10.00 Å². The van der Waals surface area contributed by atoms with Crippen molar-refractivity contribution in [3.05, 3.63) is 53.7 Å². The topological polar surface area (TPSA) is 126 Å². The maximum atomic E-state index is 13.8. The van der Waals surface area contributed by atoms with Crippen molar-refractivity contribution in [2.24, 2.45) is 23.2 Å². The number of ketones is 1. The lowest BCUT2D eigenvalue weighted by molar-refractivity contribution is -0.184. The third-order valence-electron chi connectivity index (χ3n) is 6.88. The number of aromatic nitrogens is 1. The van der Waals surface area contributed by atoms with Crippen LogP contribution in [0.5, 0.6) is 0 Å². The number of sulfonamides is 1. The smallest absolute Gasteiger partial charge is 0.317 e. The van der Waals surface area contributed by atoms with Crippen LogP contribution in [0.25, 0.3) is 0 Å². The van der Waals surface area contributed by atoms with Crippen LogP contribution in [0.1, 0.15) is 84.8 Å². The van der Waals surface area contributed by atoms with Crippen molar-refractivity contribution in [3.8, 4) is 6.07 Å². The van der Waals surface area contributed by atoms with Crippen LogP contribution in [0.15, 0.2) is 47.6 Å². The summed E-state index contributed by atoms with van der Waals surface area (Å²) in [6.07, 6.45) is 2.61. The number of nitrogens with zero attached hydrogens (tertiary/aromatic N) is 2. The summed E-state index contributed by atoms with van der Waals surface area (Å²) in [5.74, 6) is -1.67. The lowest BCUT2D eigenvalue weighted by Crippen LogP contribution is -2.52. The van der Waals surface area contributed by atoms with E-state index in [1.165, 1.54) is 18.3 Å². The fourth-order valence-corrected chi connectivity index (χ4v) is 6.77. The number of cyclic esters (lactones) is 1. The van der Waals surface area contributed by atoms with Gasteiger partial charge < -0.3 is 4.74 Å². The number of anilines is 1. The zero-order valence-corrected chi connectivity index (χ0v) is 24.6. The molecule has 8 nitrogen and oxygen atoms in total. The number of Topliss-reactive ketones (excluding diaryl/α,β-unsaturated/α-hetero) is 1. The Kier molecular flexibility index (Phi) is 8.91. The Bertz CT molecular complexity index is 1320. The molecule has 1 aromatic carbocycles. The zero-order valence-electron chi connectivity index (χ0n) is 23.8. The fourth-order valence-electron chi connectivity index (χ4n) is 5.79. The molecule has 1 aliphatic rings. The van der Waals surface area contributed by atoms with Crippen LogP contribution < -0.4 is 4.72 Å². The summed E-state index contributed by atoms with van der Waals surface area (Å²) >= 11 is 0. The molecular weight excluding hydrogens is 514 g/mol. The highest BCUT2D eigenvalue weighted by atomic mass is 32.2. The first kappa shape index (κ1) is 30.3. The van der Waals surface area contributed by atoms with Gasteiger partial charge in [-0.1, -0.05) is 60.6 Å². The van der Waals surface area contributed by atoms with E-state index in [0.29, 0.717) is 18.4 Å². The minimum Gasteiger partial charge on any atom is -0.458 e. The number of nitriles is 1. The van der Waals surface area contributed by atoms with Gasteiger partial charge in [-0.25, -0.2) is 4.98 Å². The van der Waals surface area contributed by atoms with Crippen molar-refractivity contribution >= 4 is 27.5 Å². The monoisotopic (exact) mass is 553 g/mol. The predicted molar refractivity (Wildman–Crippen MR) is 149 cm³/mol. The average molecular weight is 554 g/mol. The van der Waals surface area contributed by atoms with Gasteiger partial charge in [-0.2, -0.15) is 13.7 Å². The molecule has 3 rings (SSSR count). The minimum absolute atomic E-state index is 0.139. The molecule has 1 N–H and O–H groups in total. The second-order valence-corrected chi connectivity index (χ2v) is 14.1. The number of rotatable bonds is 9. The highest BCUT2D eigenvalue weighted by molar-refractivity contribution is 7.92. The standard InChI is InChI=1S/C30H39N3O5S/c1-19(2)14-30(15-20(3)4)16-24(34)26(28(35)38-30)27(29(5,6)7)22-9-8-10-23(13-22)33-39(36,37)25-12-11-21(17-31)18-32-25/h8-13,18-20,26-27,33H,14-16H2,1-7H3. The maximum Gasteiger partial charge on any atom is 0.317 e. The van der Waals surface area contributed by atoms with Gasteiger partial charge in [0.05, 0.1) is 5.56 Å². The minimum atomic E-state index is -4.03. The van der Waals surface area contributed by atoms with Gasteiger partial charge in [0.1, 0.15) is 17.6 Å². The second-order valence-electron chi connectivity index (χ2n) is 12.5. The van der Waals surface area contributed by atoms with E-state index in [2.05, 4.69) is 37.4 Å². The molecule has 0 aliphatic carbocycles. The maximum absolute atomic E-state index is 13.8. The first-order chi connectivity index (χ1) is 18.1. The quantitative estimate of drug-likeness (QED) is 0.305. The van der Waals surface area contributed by atoms with Gasteiger partial charge in [-0.15, -0.1) is 0 Å². The molecule has 9 heteroatoms. The summed E-state index contributed by atoms with van der Waals surface area (Å²) in [7, 11) is -4.03. The van der Waals surface area contributed by atoms with Crippen LogP contribution in [0.2, 0.25) is 0 Å². The number of esters is 1. The normalized spacial score (nSPS) is 18.5. The first-order valence-electron chi connectivity index (χ1n) is 13.3. The van der Waals surface area contributed by atoms with Crippen molar-refractivity contribution in [1.82, 2.24) is 4.98 Å². The molecule has 39 heavy (non-hydrogen) atoms. The number of ether oxygens (including phenoxy) is 1. The van der Waals surface area contributed by atoms with Crippen molar-refractivity contribution in [1.29, 1.82) is 5.26 Å². The molecule has 0 amide bonds. The third-order valence-corrected chi connectivity index (χ3v) is 8.18. The number of hydrogen-bond acceptors (Lipinski definition) is 7. The van der Waals surface area contributed by atoms with E-state index < -0.39 is 38.8 Å². The predicted octanol–water partition coefficient (Wildman–Crippen LogP) is 5.85. The number of carbonyl (C=O) groups is 2. The van der Waals surface area contributed by atoms with Gasteiger partial charge in [-0.05, 0) is 59.9 Å². The van der Waals surface area contributed by atoms with E-state index in [9.17, 15) is 18.0 Å². The molecule has 2 unspecified atom stereocenters. The summed E-state index contributed by atoms with van der Waals surface area (Å²) in [6, 6.07) is 11.3. The largest absolute Gasteiger partial charge is 0.458 e. The number of hydrogen-bond donors (Lipinski definition) is 1. The molecule has 0 bridgehead atoms. The Hall–Kier alpha value is -3.25. The Morgan fingerprint density at radius 2 is 1.74 bits per heavy atom. The number of carbonyl (C=O) groups excluding carboxylic acids is 2. The fraction of sp³-hybridized carbons (Fsp3) is 0.533. The van der Waals surface area contributed by atoms with Crippen LogP contribution >= 0.6 is 0 Å². The Morgan fingerprint density at radius 1 is 1.10 bits per heavy atom. The van der Waals surface area contributed by atoms with Crippen LogP contribution in [0, 0.1) is 34.5 Å². The van der Waals surface area contributed by atoms with E-state index in [1.54, 1.807) is 24.3 Å². The van der Waals surface area contributed by atoms with Crippen molar-refractivity contribution in [3.63, 3.8) is 0 Å². The second kappa shape index (κ2) is 11.5. The highest BCUT2D eigenvalue weighted by Crippen LogP contribution is 2.47. The molecule has 0 spiro atoms. The van der Waals surface area contributed by atoms with Crippen molar-refractivity contribution < 1.29 is 22.7 Å². The molecule has 1 aromatic heterocycles. The van der Waals surface area contributed by atoms with Gasteiger partial charge in [-0.3, -0.25) is 14.3 Å². The van der Waals surface area contributed by atoms with Crippen molar-refractivity contribution in [2.45, 2.75) is 84.3 Å². The molecular formula is C30H39N3O5S. The van der Waals surface area contributed by atoms with Gasteiger partial charge in [0.25, 0.3) is 10.0 Å². The molecule has 210 valence electrons. The van der Waals surface area contributed by atoms with Crippen LogP contribution in [0.3, 0.4) is 0 Å². The van der Waals surface area contributed by atoms with E-state index in [1.807, 2.05) is 26.8 Å². The Labute approximate surface area is 232 Å². The first-order valence-corrected chi connectivity index (χ1v) is 14.8. The number of pyridine rings is 1. The molecule has 1 aliphatic heterocycles. The summed E-state index contributed by atoms with van der Waals surface area (Å²) in [5, 5.41) is 8.73. The molecule has 2 aromatic rings. The molecule has 2 heterocycles. The average Bonchev–Trinajstić information content (AvgIpc) is 2.79. The summed E-state index contributed by atoms with van der Waals surface area (Å²) in [4.78, 5) is 31.2. The van der Waals surface area contributed by atoms with Gasteiger partial charge >= 0.3 is 5.97 Å². The van der Waals surface area contributed by atoms with Crippen LogP contribution in [-0.4, -0.2) is 30.8 Å². The number of nitrogens with one attached hydrogen (secondary N) is 1. The van der Waals surface area contributed by atoms with Crippen LogP contribution in [0.4, 0.5) is 5.69 Å². The molecule has 1 fully saturated rings. The van der Waals surface area contributed by atoms with Crippen LogP contribution in [-0.2, 0) is 24.3 Å². The third kappa shape index (κ3) is 7.24. The molecule has 0 saturated carbocycles. The summed E-state index contributed by atoms with van der Waals surface area (Å²) < 4.78 is 34.6. The number of benzene rings is 1. The summed E-state index contributed by atoms with van der Waals surface area (Å²) in [5.41, 5.74) is -0.133. The lowest BCUT2D eigenvalue weighted by atomic mass is 9.65. The Balaban J connectivity index is 1.95. The van der Waals surface area contributed by atoms with Gasteiger partial charge in [0.15, 0.2) is 10.8 Å². The van der Waals surface area contributed by atoms with Gasteiger partial charge in [0.2, 0.25) is 0 Å². The zero-order chi connectivity index (χ0) is 29.2. The van der Waals surface area contributed by atoms with E-state index in [-0.39, 0.29) is 40.3 Å². The SMILES string of the molecule is CC(C)CC1(CC(C)C)CC(=O)C(C(c2cccc(NS(=O)(=O)c3ccc(C#N)cn3)c2)C(C)(C)C)C(=O)O1. The van der Waals surface area contributed by atoms with Gasteiger partial charge in [0, 0.05) is 24.2 Å². The highest BCUT2D eigenvalue weighted by Gasteiger charge is 2.52.